The summed E-state index contributed by atoms with van der Waals surface area (Å²) >= 11 is 5.18. The second-order valence-corrected chi connectivity index (χ2v) is 8.06. The summed E-state index contributed by atoms with van der Waals surface area (Å²) in [5.41, 5.74) is 0.671. The van der Waals surface area contributed by atoms with Gasteiger partial charge in [0.05, 0.1) is 8.45 Å². The van der Waals surface area contributed by atoms with Crippen LogP contribution in [0.2, 0.25) is 0 Å². The lowest BCUT2D eigenvalue weighted by molar-refractivity contribution is 0.102. The lowest BCUT2D eigenvalue weighted by Gasteiger charge is -1.98. The van der Waals surface area contributed by atoms with Crippen LogP contribution >= 0.6 is 45.3 Å². The Hall–Kier alpha value is -0.540. The van der Waals surface area contributed by atoms with Gasteiger partial charge in [-0.2, -0.15) is 0 Å². The molecule has 0 unspecified atom stereocenters. The zero-order chi connectivity index (χ0) is 13.1. The number of nitrogens with one attached hydrogen (secondary N) is 1. The highest BCUT2D eigenvalue weighted by Crippen LogP contribution is 2.21. The molecular weight excluding hydrogens is 381 g/mol. The molecule has 0 saturated carbocycles. The van der Waals surface area contributed by atoms with Crippen LogP contribution in [0.25, 0.3) is 0 Å². The Morgan fingerprint density at radius 1 is 1.50 bits per heavy atom. The van der Waals surface area contributed by atoms with E-state index in [4.69, 9.17) is 0 Å². The van der Waals surface area contributed by atoms with Gasteiger partial charge in [-0.15, -0.1) is 21.5 Å². The van der Waals surface area contributed by atoms with E-state index in [2.05, 4.69) is 52.0 Å². The van der Waals surface area contributed by atoms with E-state index in [-0.39, 0.29) is 5.91 Å². The second kappa shape index (κ2) is 6.07. The van der Waals surface area contributed by atoms with Crippen molar-refractivity contribution < 1.29 is 4.79 Å². The monoisotopic (exact) mass is 393 g/mol. The van der Waals surface area contributed by atoms with Gasteiger partial charge in [0, 0.05) is 11.8 Å². The fourth-order valence-electron chi connectivity index (χ4n) is 1.33. The average molecular weight is 393 g/mol. The molecule has 0 aliphatic carbocycles. The molecule has 18 heavy (non-hydrogen) atoms. The second-order valence-electron chi connectivity index (χ2n) is 4.19. The molecule has 0 radical (unpaired) electrons. The standard InChI is InChI=1S/C11H12IN3OS2/c1-6(2)3-9-14-15-11(18-9)13-10(16)7-4-8(12)17-5-7/h4-6H,3H2,1-2H3,(H,13,15,16). The predicted octanol–water partition coefficient (Wildman–Crippen LogP) is 3.66. The summed E-state index contributed by atoms with van der Waals surface area (Å²) in [4.78, 5) is 11.9. The summed E-state index contributed by atoms with van der Waals surface area (Å²) in [6, 6.07) is 1.86. The number of thiophene rings is 1. The maximum absolute atomic E-state index is 11.9. The number of aromatic nitrogens is 2. The highest BCUT2D eigenvalue weighted by molar-refractivity contribution is 14.1. The van der Waals surface area contributed by atoms with Crippen molar-refractivity contribution >= 4 is 56.3 Å². The minimum Gasteiger partial charge on any atom is -0.296 e. The van der Waals surface area contributed by atoms with Crippen LogP contribution in [0.1, 0.15) is 29.2 Å². The van der Waals surface area contributed by atoms with Crippen molar-refractivity contribution in [2.75, 3.05) is 5.32 Å². The van der Waals surface area contributed by atoms with Crippen molar-refractivity contribution in [1.29, 1.82) is 0 Å². The van der Waals surface area contributed by atoms with Gasteiger partial charge in [0.1, 0.15) is 5.01 Å². The van der Waals surface area contributed by atoms with Gasteiger partial charge in [-0.05, 0) is 34.6 Å². The van der Waals surface area contributed by atoms with Gasteiger partial charge in [-0.3, -0.25) is 10.1 Å². The first-order chi connectivity index (χ1) is 8.54. The van der Waals surface area contributed by atoms with E-state index < -0.39 is 0 Å². The fraction of sp³-hybridized carbons (Fsp3) is 0.364. The molecule has 2 rings (SSSR count). The Morgan fingerprint density at radius 2 is 2.28 bits per heavy atom. The first-order valence-electron chi connectivity index (χ1n) is 5.42. The van der Waals surface area contributed by atoms with Gasteiger partial charge < -0.3 is 0 Å². The largest absolute Gasteiger partial charge is 0.296 e. The molecule has 7 heteroatoms. The van der Waals surface area contributed by atoms with E-state index in [0.717, 1.165) is 14.3 Å². The first-order valence-corrected chi connectivity index (χ1v) is 8.20. The van der Waals surface area contributed by atoms with Crippen LogP contribution in [-0.4, -0.2) is 16.1 Å². The third kappa shape index (κ3) is 3.72. The third-order valence-corrected chi connectivity index (χ3v) is 4.75. The van der Waals surface area contributed by atoms with Gasteiger partial charge in [0.25, 0.3) is 5.91 Å². The van der Waals surface area contributed by atoms with Crippen LogP contribution in [0.15, 0.2) is 11.4 Å². The average Bonchev–Trinajstić information content (AvgIpc) is 2.87. The minimum absolute atomic E-state index is 0.124. The summed E-state index contributed by atoms with van der Waals surface area (Å²) < 4.78 is 1.09. The normalized spacial score (nSPS) is 10.9. The highest BCUT2D eigenvalue weighted by Gasteiger charge is 2.12. The Morgan fingerprint density at radius 3 is 2.89 bits per heavy atom. The number of nitrogens with zero attached hydrogens (tertiary/aromatic N) is 2. The van der Waals surface area contributed by atoms with Gasteiger partial charge in [0.15, 0.2) is 0 Å². The van der Waals surface area contributed by atoms with Crippen LogP contribution in [0.4, 0.5) is 5.13 Å². The number of hydrogen-bond donors (Lipinski definition) is 1. The molecule has 4 nitrogen and oxygen atoms in total. The molecule has 0 aromatic carbocycles. The molecule has 2 aromatic heterocycles. The number of carbonyl (C=O) groups excluding carboxylic acids is 1. The number of carbonyl (C=O) groups is 1. The van der Waals surface area contributed by atoms with Crippen molar-refractivity contribution in [3.05, 3.63) is 24.9 Å². The molecule has 1 amide bonds. The molecule has 2 heterocycles. The third-order valence-electron chi connectivity index (χ3n) is 2.10. The van der Waals surface area contributed by atoms with Crippen LogP contribution in [-0.2, 0) is 6.42 Å². The molecule has 0 saturated heterocycles. The first kappa shape index (κ1) is 13.9. The topological polar surface area (TPSA) is 54.9 Å². The zero-order valence-electron chi connectivity index (χ0n) is 9.94. The SMILES string of the molecule is CC(C)Cc1nnc(NC(=O)c2csc(I)c2)s1. The van der Waals surface area contributed by atoms with Crippen molar-refractivity contribution in [2.24, 2.45) is 5.92 Å². The molecule has 0 bridgehead atoms. The van der Waals surface area contributed by atoms with Crippen molar-refractivity contribution in [2.45, 2.75) is 20.3 Å². The predicted molar refractivity (Wildman–Crippen MR) is 83.4 cm³/mol. The van der Waals surface area contributed by atoms with Crippen LogP contribution < -0.4 is 5.32 Å². The summed E-state index contributed by atoms with van der Waals surface area (Å²) in [7, 11) is 0. The van der Waals surface area contributed by atoms with Crippen molar-refractivity contribution in [3.63, 3.8) is 0 Å². The lowest BCUT2D eigenvalue weighted by atomic mass is 10.1. The molecule has 1 N–H and O–H groups in total. The smallest absolute Gasteiger partial charge is 0.258 e. The van der Waals surface area contributed by atoms with Crippen LogP contribution in [0.5, 0.6) is 0 Å². The minimum atomic E-state index is -0.124. The maximum atomic E-state index is 11.9. The highest BCUT2D eigenvalue weighted by atomic mass is 127. The Kier molecular flexibility index (Phi) is 4.68. The van der Waals surface area contributed by atoms with E-state index in [1.165, 1.54) is 11.3 Å². The molecule has 0 spiro atoms. The number of amides is 1. The number of hydrogen-bond acceptors (Lipinski definition) is 5. The van der Waals surface area contributed by atoms with Gasteiger partial charge in [0.2, 0.25) is 5.13 Å². The summed E-state index contributed by atoms with van der Waals surface area (Å²) in [5, 5.41) is 14.2. The summed E-state index contributed by atoms with van der Waals surface area (Å²) in [6.45, 7) is 4.26. The summed E-state index contributed by atoms with van der Waals surface area (Å²) in [5.74, 6) is 0.418. The maximum Gasteiger partial charge on any atom is 0.258 e. The van der Waals surface area contributed by atoms with Gasteiger partial charge >= 0.3 is 0 Å². The van der Waals surface area contributed by atoms with E-state index in [9.17, 15) is 4.79 Å². The van der Waals surface area contributed by atoms with E-state index in [0.29, 0.717) is 16.6 Å². The Balaban J connectivity index is 2.01. The molecule has 96 valence electrons. The van der Waals surface area contributed by atoms with Gasteiger partial charge in [-0.25, -0.2) is 0 Å². The van der Waals surface area contributed by atoms with E-state index >= 15 is 0 Å². The lowest BCUT2D eigenvalue weighted by Crippen LogP contribution is -2.10. The molecule has 0 atom stereocenters. The van der Waals surface area contributed by atoms with Crippen LogP contribution in [0.3, 0.4) is 0 Å². The molecule has 2 aromatic rings. The van der Waals surface area contributed by atoms with E-state index in [1.54, 1.807) is 11.3 Å². The quantitative estimate of drug-likeness (QED) is 0.807. The molecule has 0 aliphatic rings. The number of anilines is 1. The molecule has 0 fully saturated rings. The summed E-state index contributed by atoms with van der Waals surface area (Å²) in [6.07, 6.45) is 0.893. The Bertz CT molecular complexity index is 550. The van der Waals surface area contributed by atoms with Gasteiger partial charge in [-0.1, -0.05) is 25.2 Å². The number of rotatable bonds is 4. The zero-order valence-corrected chi connectivity index (χ0v) is 13.7. The van der Waals surface area contributed by atoms with E-state index in [1.807, 2.05) is 11.4 Å². The Labute approximate surface area is 127 Å². The number of halogens is 1. The molecule has 0 aliphatic heterocycles. The molecular formula is C11H12IN3OS2. The van der Waals surface area contributed by atoms with Crippen LogP contribution in [0, 0.1) is 8.80 Å². The van der Waals surface area contributed by atoms with Crippen molar-refractivity contribution in [1.82, 2.24) is 10.2 Å². The van der Waals surface area contributed by atoms with Crippen molar-refractivity contribution in [3.8, 4) is 0 Å². The fourth-order valence-corrected chi connectivity index (χ4v) is 3.61.